The van der Waals surface area contributed by atoms with Crippen molar-refractivity contribution in [3.05, 3.63) is 385 Å². The number of fused-ring (bicyclic) bond motifs is 31. The lowest BCUT2D eigenvalue weighted by molar-refractivity contribution is 0.553. The fourth-order valence-electron chi connectivity index (χ4n) is 22.1. The maximum Gasteiger partial charge on any atom is 0.231 e. The summed E-state index contributed by atoms with van der Waals surface area (Å²) >= 11 is 1.76. The second-order valence-electron chi connectivity index (χ2n) is 36.6. The van der Waals surface area contributed by atoms with E-state index in [1.165, 1.54) is 93.0 Å². The maximum absolute atomic E-state index is 6.84. The van der Waals surface area contributed by atoms with E-state index in [0.29, 0.717) is 28.9 Å². The normalized spacial score (nSPS) is 14.5. The highest BCUT2D eigenvalue weighted by Gasteiger charge is 2.44. The zero-order valence-corrected chi connectivity index (χ0v) is 73.6. The Morgan fingerprint density at radius 1 is 0.258 bits per heavy atom. The number of nitrogens with zero attached hydrogens (tertiary/aromatic N) is 6. The molecule has 3 aliphatic carbocycles. The number of para-hydroxylation sites is 3. The van der Waals surface area contributed by atoms with Crippen molar-refractivity contribution in [1.82, 2.24) is 29.9 Å². The van der Waals surface area contributed by atoms with Crippen molar-refractivity contribution in [3.8, 4) is 101 Å². The van der Waals surface area contributed by atoms with Gasteiger partial charge in [0.1, 0.15) is 44.7 Å². The summed E-state index contributed by atoms with van der Waals surface area (Å²) in [6, 6.07) is 124. The fourth-order valence-corrected chi connectivity index (χ4v) is 23.2. The van der Waals surface area contributed by atoms with Gasteiger partial charge in [-0.2, -0.15) is 9.97 Å². The Labute approximate surface area is 760 Å². The molecule has 11 nitrogen and oxygen atoms in total. The second kappa shape index (κ2) is 28.4. The average Bonchev–Trinajstić information content (AvgIpc) is 1.55. The minimum Gasteiger partial charge on any atom is -0.456 e. The molecule has 1 unspecified atom stereocenters. The molecule has 0 saturated heterocycles. The van der Waals surface area contributed by atoms with E-state index in [-0.39, 0.29) is 16.2 Å². The van der Waals surface area contributed by atoms with E-state index < -0.39 is 0 Å². The highest BCUT2D eigenvalue weighted by molar-refractivity contribution is 7.26. The van der Waals surface area contributed by atoms with E-state index in [1.807, 2.05) is 66.7 Å². The quantitative estimate of drug-likeness (QED) is 0.150. The van der Waals surface area contributed by atoms with Crippen LogP contribution < -0.4 is 0 Å². The summed E-state index contributed by atoms with van der Waals surface area (Å²) in [6.45, 7) is 13.8. The van der Waals surface area contributed by atoms with Gasteiger partial charge in [-0.3, -0.25) is 0 Å². The molecule has 0 amide bonds. The summed E-state index contributed by atoms with van der Waals surface area (Å²) in [4.78, 5) is 31.0. The van der Waals surface area contributed by atoms with Crippen LogP contribution in [0.4, 0.5) is 0 Å². The van der Waals surface area contributed by atoms with Crippen LogP contribution in [0.25, 0.3) is 253 Å². The maximum atomic E-state index is 6.84. The number of rotatable bonds is 7. The standard InChI is InChI=1S/C42H28N2OS.C41H26N2O2.C37H24N2O2/c1-3-42(2)33-14-8-6-12-28(33)30-20-21-31-29-19-18-27(23-34(29)45-39(31)36(30)42)41-43-37(26-17-16-24-10-4-5-11-25(24)22-26)40-38(44-41)32-13-7-9-15-35(32)46-40;1-41(2)35-27(28-20-21-29-26-12-5-7-16-32(26)44-38(29)36(28)41)14-9-15-31(35)39-42-37(25-19-18-23-10-3-4-11-24(23)22-25)34-30-13-6-8-17-33(30)45-40(34)43-39;1-37(2)28-14-8-6-12-23(28)26-19-27-24-17-16-22(18-31(24)40-32(27)20-29(26)37)35-38-34(21-10-4-3-5-11-21)33-25-13-7-9-15-30(25)41-36(33)39-35/h4-23H,3H2,1-2H3;3-22H,1-2H3;3-20H,1-2H3. The molecular weight excluding hydrogens is 1640 g/mol. The van der Waals surface area contributed by atoms with E-state index >= 15 is 0 Å². The monoisotopic (exact) mass is 1710 g/mol. The molecule has 0 saturated carbocycles. The van der Waals surface area contributed by atoms with Gasteiger partial charge in [0.05, 0.1) is 38.1 Å². The third kappa shape index (κ3) is 11.2. The summed E-state index contributed by atoms with van der Waals surface area (Å²) in [7, 11) is 0. The summed E-state index contributed by atoms with van der Waals surface area (Å²) in [5, 5.41) is 16.6. The average molecular weight is 1720 g/mol. The Hall–Kier alpha value is -16.3. The van der Waals surface area contributed by atoms with E-state index in [4.69, 9.17) is 52.0 Å². The molecule has 1 atom stereocenters. The van der Waals surface area contributed by atoms with Gasteiger partial charge in [0.15, 0.2) is 17.5 Å². The van der Waals surface area contributed by atoms with Gasteiger partial charge in [-0.05, 0) is 169 Å². The number of aromatic nitrogens is 6. The first-order chi connectivity index (χ1) is 64.7. The van der Waals surface area contributed by atoms with Gasteiger partial charge in [0.25, 0.3) is 0 Å². The van der Waals surface area contributed by atoms with Crippen LogP contribution in [0.1, 0.15) is 81.3 Å². The molecule has 0 fully saturated rings. The zero-order valence-electron chi connectivity index (χ0n) is 72.8. The SMILES string of the molecule is CC1(C)c2c(-c3nc(-c4ccc5ccccc5c4)c4c(n3)oc3ccccc34)cccc2-c2ccc3c(oc4ccccc43)c21.CC1(C)c2ccccc2-c2cc3c(cc21)oc1cc(-c2nc(-c4ccccc4)c4c(n2)oc2ccccc24)ccc13.CCC1(C)c2ccccc2-c2ccc3c(oc4cc(-c5nc(-c6ccc7ccccc7c6)c6sc7ccccc7c6n5)ccc43)c21. The van der Waals surface area contributed by atoms with Gasteiger partial charge in [-0.1, -0.05) is 308 Å². The van der Waals surface area contributed by atoms with Gasteiger partial charge in [-0.15, -0.1) is 11.3 Å². The van der Waals surface area contributed by atoms with E-state index in [2.05, 4.69) is 327 Å². The molecule has 132 heavy (non-hydrogen) atoms. The molecule has 9 heterocycles. The molecule has 0 N–H and O–H groups in total. The number of benzene rings is 17. The molecule has 0 radical (unpaired) electrons. The fraction of sp³-hybridized carbons (Fsp3) is 0.0833. The molecule has 0 bridgehead atoms. The zero-order chi connectivity index (χ0) is 87.7. The predicted molar refractivity (Wildman–Crippen MR) is 540 cm³/mol. The van der Waals surface area contributed by atoms with Gasteiger partial charge >= 0.3 is 0 Å². The Bertz CT molecular complexity index is 9470. The summed E-state index contributed by atoms with van der Waals surface area (Å²) in [6.07, 6.45) is 0.998. The third-order valence-electron chi connectivity index (χ3n) is 28.6. The van der Waals surface area contributed by atoms with Crippen molar-refractivity contribution in [2.75, 3.05) is 0 Å². The molecule has 12 heteroatoms. The molecule has 17 aromatic carbocycles. The van der Waals surface area contributed by atoms with Crippen LogP contribution in [0.15, 0.2) is 374 Å². The molecule has 0 spiro atoms. The molecule has 0 aliphatic heterocycles. The van der Waals surface area contributed by atoms with Gasteiger partial charge in [-0.25, -0.2) is 19.9 Å². The van der Waals surface area contributed by atoms with Crippen LogP contribution in [0.3, 0.4) is 0 Å². The largest absolute Gasteiger partial charge is 0.456 e. The Morgan fingerprint density at radius 3 is 1.40 bits per heavy atom. The predicted octanol–water partition coefficient (Wildman–Crippen LogP) is 32.9. The molecule has 3 aliphatic rings. The van der Waals surface area contributed by atoms with E-state index in [9.17, 15) is 0 Å². The lowest BCUT2D eigenvalue weighted by atomic mass is 9.77. The van der Waals surface area contributed by atoms with Crippen LogP contribution in [-0.2, 0) is 16.2 Å². The molecule has 624 valence electrons. The summed E-state index contributed by atoms with van der Waals surface area (Å²) in [5.74, 6) is 1.97. The minimum absolute atomic E-state index is 0.0755. The Morgan fingerprint density at radius 2 is 0.720 bits per heavy atom. The van der Waals surface area contributed by atoms with Crippen molar-refractivity contribution < 1.29 is 22.1 Å². The molecule has 26 aromatic rings. The lowest BCUT2D eigenvalue weighted by Crippen LogP contribution is -2.19. The topological polar surface area (TPSA) is 143 Å². The Kier molecular flexibility index (Phi) is 16.3. The first-order valence-electron chi connectivity index (χ1n) is 45.1. The van der Waals surface area contributed by atoms with Crippen molar-refractivity contribution in [3.63, 3.8) is 0 Å². The van der Waals surface area contributed by atoms with E-state index in [1.54, 1.807) is 11.3 Å². The summed E-state index contributed by atoms with van der Waals surface area (Å²) in [5.41, 5.74) is 32.7. The van der Waals surface area contributed by atoms with Gasteiger partial charge in [0.2, 0.25) is 11.4 Å². The lowest BCUT2D eigenvalue weighted by Gasteiger charge is -2.25. The van der Waals surface area contributed by atoms with Crippen LogP contribution >= 0.6 is 11.3 Å². The van der Waals surface area contributed by atoms with Crippen molar-refractivity contribution in [1.29, 1.82) is 0 Å². The highest BCUT2D eigenvalue weighted by Crippen LogP contribution is 2.59. The van der Waals surface area contributed by atoms with Crippen molar-refractivity contribution in [2.24, 2.45) is 0 Å². The number of hydrogen-bond donors (Lipinski definition) is 0. The van der Waals surface area contributed by atoms with E-state index in [0.717, 1.165) is 171 Å². The summed E-state index contributed by atoms with van der Waals surface area (Å²) < 4.78 is 34.9. The molecule has 29 rings (SSSR count). The Balaban J connectivity index is 0.000000101. The highest BCUT2D eigenvalue weighted by atomic mass is 32.1. The first-order valence-corrected chi connectivity index (χ1v) is 46.0. The van der Waals surface area contributed by atoms with Crippen molar-refractivity contribution >= 4 is 163 Å². The van der Waals surface area contributed by atoms with Gasteiger partial charge < -0.3 is 22.1 Å². The van der Waals surface area contributed by atoms with Gasteiger partial charge in [0, 0.05) is 114 Å². The van der Waals surface area contributed by atoms with Crippen LogP contribution in [0.2, 0.25) is 0 Å². The van der Waals surface area contributed by atoms with Crippen LogP contribution in [0, 0.1) is 0 Å². The minimum atomic E-state index is -0.357. The molecule has 9 aromatic heterocycles. The number of furan rings is 5. The van der Waals surface area contributed by atoms with Crippen LogP contribution in [-0.4, -0.2) is 29.9 Å². The smallest absolute Gasteiger partial charge is 0.231 e. The van der Waals surface area contributed by atoms with Crippen molar-refractivity contribution in [2.45, 2.75) is 64.2 Å². The number of thiophene rings is 1. The number of hydrogen-bond acceptors (Lipinski definition) is 12. The first kappa shape index (κ1) is 75.8. The van der Waals surface area contributed by atoms with Crippen LogP contribution in [0.5, 0.6) is 0 Å². The second-order valence-corrected chi connectivity index (χ2v) is 37.7. The molecular formula is C120H78N6O5S. The third-order valence-corrected chi connectivity index (χ3v) is 29.8.